The van der Waals surface area contributed by atoms with Crippen LogP contribution >= 0.6 is 0 Å². The van der Waals surface area contributed by atoms with Gasteiger partial charge in [0.15, 0.2) is 0 Å². The summed E-state index contributed by atoms with van der Waals surface area (Å²) in [7, 11) is 0. The molecule has 4 N–H and O–H groups in total. The molecule has 1 saturated heterocycles. The van der Waals surface area contributed by atoms with Crippen molar-refractivity contribution in [2.45, 2.75) is 68.6 Å². The van der Waals surface area contributed by atoms with Gasteiger partial charge in [0.25, 0.3) is 5.60 Å². The van der Waals surface area contributed by atoms with E-state index in [0.29, 0.717) is 56.6 Å². The van der Waals surface area contributed by atoms with E-state index in [-0.39, 0.29) is 18.2 Å². The first kappa shape index (κ1) is 31.0. The van der Waals surface area contributed by atoms with Gasteiger partial charge in [-0.1, -0.05) is 30.3 Å². The van der Waals surface area contributed by atoms with E-state index in [1.54, 1.807) is 6.07 Å². The first-order valence-electron chi connectivity index (χ1n) is 13.3. The van der Waals surface area contributed by atoms with Crippen molar-refractivity contribution in [1.29, 1.82) is 0 Å². The Morgan fingerprint density at radius 3 is 2.05 bits per heavy atom. The van der Waals surface area contributed by atoms with Crippen LogP contribution in [0.1, 0.15) is 48.8 Å². The Kier molecular flexibility index (Phi) is 8.91. The zero-order valence-corrected chi connectivity index (χ0v) is 22.1. The standard InChI is InChI=1S/C28H32F7N3O3/c29-22-15-20(4-7-23(22)37-24(39)36-17-25(40)10-1-11-25)14-18-8-12-38(13-9-18)16-19-2-5-21(6-3-19)26(41,27(30,31)32)28(33,34)35/h2-7,15,18,40-41H,1,8-14,16-17H2,(H2,36,37,39). The maximum Gasteiger partial charge on any atom is 0.430 e. The number of alkyl halides is 6. The fraction of sp³-hybridized carbons (Fsp3) is 0.536. The summed E-state index contributed by atoms with van der Waals surface area (Å²) in [6.45, 7) is 1.69. The van der Waals surface area contributed by atoms with Gasteiger partial charge in [-0.2, -0.15) is 26.3 Å². The van der Waals surface area contributed by atoms with E-state index in [4.69, 9.17) is 0 Å². The maximum absolute atomic E-state index is 14.6. The molecule has 2 aromatic carbocycles. The number of anilines is 1. The number of benzene rings is 2. The summed E-state index contributed by atoms with van der Waals surface area (Å²) >= 11 is 0. The van der Waals surface area contributed by atoms with E-state index >= 15 is 0 Å². The molecule has 2 aromatic rings. The highest BCUT2D eigenvalue weighted by Gasteiger charge is 2.71. The minimum atomic E-state index is -5.93. The minimum absolute atomic E-state index is 0.0246. The lowest BCUT2D eigenvalue weighted by molar-refractivity contribution is -0.376. The van der Waals surface area contributed by atoms with Crippen LogP contribution in [0.2, 0.25) is 0 Å². The summed E-state index contributed by atoms with van der Waals surface area (Å²) in [6.07, 6.45) is -7.61. The van der Waals surface area contributed by atoms with Crippen LogP contribution < -0.4 is 10.6 Å². The topological polar surface area (TPSA) is 84.8 Å². The van der Waals surface area contributed by atoms with Crippen molar-refractivity contribution in [2.24, 2.45) is 5.92 Å². The largest absolute Gasteiger partial charge is 0.430 e. The molecule has 13 heteroatoms. The SMILES string of the molecule is O=C(NCC1(O)CCC1)Nc1ccc(CC2CCN(Cc3ccc(C(O)(C(F)(F)F)C(F)(F)F)cc3)CC2)cc1F. The van der Waals surface area contributed by atoms with Crippen LogP contribution in [0.5, 0.6) is 0 Å². The third kappa shape index (κ3) is 7.12. The van der Waals surface area contributed by atoms with E-state index in [0.717, 1.165) is 37.0 Å². The molecule has 1 aliphatic carbocycles. The van der Waals surface area contributed by atoms with Crippen molar-refractivity contribution in [2.75, 3.05) is 25.0 Å². The molecule has 226 valence electrons. The summed E-state index contributed by atoms with van der Waals surface area (Å²) < 4.78 is 93.2. The molecule has 1 saturated carbocycles. The van der Waals surface area contributed by atoms with Gasteiger partial charge in [0.1, 0.15) is 5.82 Å². The zero-order chi connectivity index (χ0) is 30.1. The van der Waals surface area contributed by atoms with E-state index in [1.807, 2.05) is 4.90 Å². The van der Waals surface area contributed by atoms with E-state index in [2.05, 4.69) is 10.6 Å². The molecule has 6 nitrogen and oxygen atoms in total. The molecule has 41 heavy (non-hydrogen) atoms. The monoisotopic (exact) mass is 591 g/mol. The molecule has 0 atom stereocenters. The van der Waals surface area contributed by atoms with Crippen LogP contribution in [0.15, 0.2) is 42.5 Å². The molecule has 2 amide bonds. The Morgan fingerprint density at radius 1 is 0.951 bits per heavy atom. The summed E-state index contributed by atoms with van der Waals surface area (Å²) in [5.41, 5.74) is -5.84. The number of piperidine rings is 1. The number of rotatable bonds is 8. The molecule has 2 fully saturated rings. The lowest BCUT2D eigenvalue weighted by Gasteiger charge is -2.36. The van der Waals surface area contributed by atoms with Crippen molar-refractivity contribution in [3.05, 3.63) is 65.0 Å². The number of carbonyl (C=O) groups is 1. The lowest BCUT2D eigenvalue weighted by atomic mass is 9.80. The number of urea groups is 1. The number of hydrogen-bond acceptors (Lipinski definition) is 4. The number of halogens is 7. The summed E-state index contributed by atoms with van der Waals surface area (Å²) in [5.74, 6) is -0.337. The lowest BCUT2D eigenvalue weighted by Crippen LogP contribution is -2.53. The molecule has 1 heterocycles. The van der Waals surface area contributed by atoms with Gasteiger partial charge in [0.2, 0.25) is 0 Å². The van der Waals surface area contributed by atoms with Crippen molar-refractivity contribution < 1.29 is 45.7 Å². The summed E-state index contributed by atoms with van der Waals surface area (Å²) in [4.78, 5) is 14.1. The molecule has 4 rings (SSSR count). The highest BCUT2D eigenvalue weighted by atomic mass is 19.4. The molecule has 0 spiro atoms. The van der Waals surface area contributed by atoms with Crippen molar-refractivity contribution in [3.63, 3.8) is 0 Å². The molecular weight excluding hydrogens is 559 g/mol. The van der Waals surface area contributed by atoms with Gasteiger partial charge < -0.3 is 20.8 Å². The van der Waals surface area contributed by atoms with Crippen LogP contribution in [0.25, 0.3) is 0 Å². The number of hydrogen-bond donors (Lipinski definition) is 4. The third-order valence-corrected chi connectivity index (χ3v) is 7.97. The molecule has 0 bridgehead atoms. The van der Waals surface area contributed by atoms with Gasteiger partial charge in [-0.05, 0) is 80.8 Å². The summed E-state index contributed by atoms with van der Waals surface area (Å²) in [6, 6.07) is 7.58. The van der Waals surface area contributed by atoms with Crippen molar-refractivity contribution in [1.82, 2.24) is 10.2 Å². The number of nitrogens with zero attached hydrogens (tertiary/aromatic N) is 1. The van der Waals surface area contributed by atoms with Crippen LogP contribution in [-0.2, 0) is 18.6 Å². The molecule has 0 aromatic heterocycles. The van der Waals surface area contributed by atoms with E-state index < -0.39 is 41.0 Å². The molecule has 0 radical (unpaired) electrons. The predicted molar refractivity (Wildman–Crippen MR) is 136 cm³/mol. The second kappa shape index (κ2) is 11.8. The Hall–Kier alpha value is -2.90. The molecular formula is C28H32F7N3O3. The normalized spacial score (nSPS) is 18.6. The van der Waals surface area contributed by atoms with E-state index in [1.165, 1.54) is 12.1 Å². The molecule has 2 aliphatic rings. The third-order valence-electron chi connectivity index (χ3n) is 7.97. The van der Waals surface area contributed by atoms with Gasteiger partial charge in [-0.15, -0.1) is 0 Å². The Morgan fingerprint density at radius 2 is 1.54 bits per heavy atom. The van der Waals surface area contributed by atoms with Gasteiger partial charge in [-0.3, -0.25) is 4.90 Å². The molecule has 1 aliphatic heterocycles. The first-order chi connectivity index (χ1) is 19.1. The predicted octanol–water partition coefficient (Wildman–Crippen LogP) is 5.63. The Labute approximate surface area is 232 Å². The maximum atomic E-state index is 14.6. The smallest absolute Gasteiger partial charge is 0.388 e. The number of carbonyl (C=O) groups excluding carboxylic acids is 1. The average Bonchev–Trinajstić information content (AvgIpc) is 2.88. The average molecular weight is 592 g/mol. The number of nitrogens with one attached hydrogen (secondary N) is 2. The van der Waals surface area contributed by atoms with Crippen LogP contribution in [0.4, 0.5) is 41.2 Å². The van der Waals surface area contributed by atoms with Crippen LogP contribution in [0, 0.1) is 11.7 Å². The summed E-state index contributed by atoms with van der Waals surface area (Å²) in [5, 5.41) is 24.6. The van der Waals surface area contributed by atoms with Crippen LogP contribution in [-0.4, -0.2) is 58.7 Å². The van der Waals surface area contributed by atoms with Crippen molar-refractivity contribution >= 4 is 11.7 Å². The first-order valence-corrected chi connectivity index (χ1v) is 13.3. The van der Waals surface area contributed by atoms with Gasteiger partial charge in [0, 0.05) is 18.7 Å². The fourth-order valence-electron chi connectivity index (χ4n) is 5.24. The van der Waals surface area contributed by atoms with Gasteiger partial charge in [0.05, 0.1) is 11.3 Å². The van der Waals surface area contributed by atoms with Gasteiger partial charge >= 0.3 is 18.4 Å². The van der Waals surface area contributed by atoms with E-state index in [9.17, 15) is 45.7 Å². The zero-order valence-electron chi connectivity index (χ0n) is 22.1. The molecule has 0 unspecified atom stereocenters. The highest BCUT2D eigenvalue weighted by molar-refractivity contribution is 5.89. The fourth-order valence-corrected chi connectivity index (χ4v) is 5.24. The second-order valence-electron chi connectivity index (χ2n) is 11.0. The second-order valence-corrected chi connectivity index (χ2v) is 11.0. The number of aliphatic hydroxyl groups is 2. The highest BCUT2D eigenvalue weighted by Crippen LogP contribution is 2.50. The van der Waals surface area contributed by atoms with Gasteiger partial charge in [-0.25, -0.2) is 9.18 Å². The Balaban J connectivity index is 1.25. The number of amides is 2. The quantitative estimate of drug-likeness (QED) is 0.300. The Bertz CT molecular complexity index is 1190. The van der Waals surface area contributed by atoms with Crippen LogP contribution in [0.3, 0.4) is 0 Å². The number of likely N-dealkylation sites (tertiary alicyclic amines) is 1. The van der Waals surface area contributed by atoms with Crippen molar-refractivity contribution in [3.8, 4) is 0 Å². The minimum Gasteiger partial charge on any atom is -0.388 e.